The van der Waals surface area contributed by atoms with Crippen LogP contribution in [0.3, 0.4) is 0 Å². The maximum absolute atomic E-state index is 12.2. The molecule has 0 aliphatic rings. The van der Waals surface area contributed by atoms with E-state index < -0.39 is 0 Å². The number of aryl methyl sites for hydroxylation is 2. The number of anilines is 1. The number of hydrogen-bond donors (Lipinski definition) is 2. The molecule has 2 aromatic rings. The third kappa shape index (κ3) is 7.79. The molecule has 3 N–H and O–H groups in total. The molecule has 2 rings (SSSR count). The second-order valence-corrected chi connectivity index (χ2v) is 6.58. The molecule has 6 heteroatoms. The van der Waals surface area contributed by atoms with Crippen LogP contribution in [-0.2, 0) is 17.6 Å². The van der Waals surface area contributed by atoms with Crippen molar-refractivity contribution in [3.63, 3.8) is 0 Å². The number of nitrogens with one attached hydrogen (secondary N) is 1. The number of hydrogen-bond acceptors (Lipinski definition) is 3. The molecular weight excluding hydrogens is 381 g/mol. The Hall–Kier alpha value is -1.75. The van der Waals surface area contributed by atoms with Crippen LogP contribution in [-0.4, -0.2) is 31.4 Å². The summed E-state index contributed by atoms with van der Waals surface area (Å²) in [4.78, 5) is 14.4. The van der Waals surface area contributed by atoms with E-state index in [-0.39, 0.29) is 36.8 Å². The van der Waals surface area contributed by atoms with Gasteiger partial charge < -0.3 is 16.0 Å². The van der Waals surface area contributed by atoms with Crippen molar-refractivity contribution in [2.24, 2.45) is 0 Å². The monoisotopic (exact) mass is 411 g/mol. The van der Waals surface area contributed by atoms with E-state index in [4.69, 9.17) is 5.73 Å². The van der Waals surface area contributed by atoms with Gasteiger partial charge in [0.2, 0.25) is 5.91 Å². The normalized spacial score (nSPS) is 11.3. The number of carbonyl (C=O) groups is 1. The van der Waals surface area contributed by atoms with Crippen molar-refractivity contribution in [3.8, 4) is 0 Å². The molecule has 0 saturated carbocycles. The Morgan fingerprint density at radius 2 is 1.70 bits per heavy atom. The predicted octanol–water partition coefficient (Wildman–Crippen LogP) is 4.03. The first-order valence-corrected chi connectivity index (χ1v) is 8.86. The van der Waals surface area contributed by atoms with Crippen LogP contribution in [0.15, 0.2) is 48.5 Å². The van der Waals surface area contributed by atoms with Crippen LogP contribution in [0.1, 0.15) is 36.1 Å². The SMILES string of the molecule is CCc1ccc(C(CNC(=O)CCc2ccccc2N)N(C)C)cc1.Cl.Cl. The number of nitrogen functional groups attached to an aromatic ring is 1. The lowest BCUT2D eigenvalue weighted by atomic mass is 10.0. The quantitative estimate of drug-likeness (QED) is 0.644. The third-order valence-electron chi connectivity index (χ3n) is 4.57. The van der Waals surface area contributed by atoms with Crippen LogP contribution in [0.25, 0.3) is 0 Å². The molecule has 1 atom stereocenters. The molecular formula is C21H31Cl2N3O. The van der Waals surface area contributed by atoms with E-state index in [1.54, 1.807) is 0 Å². The fraction of sp³-hybridized carbons (Fsp3) is 0.381. The van der Waals surface area contributed by atoms with Gasteiger partial charge in [-0.15, -0.1) is 24.8 Å². The molecule has 0 radical (unpaired) electrons. The van der Waals surface area contributed by atoms with Gasteiger partial charge in [0.25, 0.3) is 0 Å². The van der Waals surface area contributed by atoms with Gasteiger partial charge in [-0.25, -0.2) is 0 Å². The topological polar surface area (TPSA) is 58.4 Å². The summed E-state index contributed by atoms with van der Waals surface area (Å²) < 4.78 is 0. The number of para-hydroxylation sites is 1. The summed E-state index contributed by atoms with van der Waals surface area (Å²) in [5, 5.41) is 3.06. The number of nitrogens with zero attached hydrogens (tertiary/aromatic N) is 1. The van der Waals surface area contributed by atoms with Crippen molar-refractivity contribution >= 4 is 36.4 Å². The zero-order chi connectivity index (χ0) is 18.2. The minimum absolute atomic E-state index is 0. The number of carbonyl (C=O) groups excluding carboxylic acids is 1. The van der Waals surface area contributed by atoms with E-state index in [1.165, 1.54) is 11.1 Å². The van der Waals surface area contributed by atoms with Crippen LogP contribution >= 0.6 is 24.8 Å². The van der Waals surface area contributed by atoms with Gasteiger partial charge in [-0.05, 0) is 49.7 Å². The second-order valence-electron chi connectivity index (χ2n) is 6.58. The number of nitrogens with two attached hydrogens (primary N) is 1. The molecule has 0 bridgehead atoms. The molecule has 27 heavy (non-hydrogen) atoms. The van der Waals surface area contributed by atoms with Gasteiger partial charge >= 0.3 is 0 Å². The fourth-order valence-corrected chi connectivity index (χ4v) is 2.88. The van der Waals surface area contributed by atoms with Crippen LogP contribution < -0.4 is 11.1 Å². The van der Waals surface area contributed by atoms with Crippen molar-refractivity contribution < 1.29 is 4.79 Å². The highest BCUT2D eigenvalue weighted by Crippen LogP contribution is 2.18. The standard InChI is InChI=1S/C21H29N3O.2ClH/c1-4-16-9-11-18(12-10-16)20(24(2)3)15-23-21(25)14-13-17-7-5-6-8-19(17)22;;/h5-12,20H,4,13-15,22H2,1-3H3,(H,23,25);2*1H. The zero-order valence-electron chi connectivity index (χ0n) is 16.3. The number of benzene rings is 2. The summed E-state index contributed by atoms with van der Waals surface area (Å²) in [5.74, 6) is 0.0558. The lowest BCUT2D eigenvalue weighted by Crippen LogP contribution is -2.34. The Balaban J connectivity index is 0.00000338. The van der Waals surface area contributed by atoms with Gasteiger partial charge in [0.05, 0.1) is 6.04 Å². The maximum Gasteiger partial charge on any atom is 0.220 e. The fourth-order valence-electron chi connectivity index (χ4n) is 2.88. The van der Waals surface area contributed by atoms with E-state index in [2.05, 4.69) is 41.4 Å². The highest BCUT2D eigenvalue weighted by Gasteiger charge is 2.15. The van der Waals surface area contributed by atoms with Crippen LogP contribution in [0.2, 0.25) is 0 Å². The lowest BCUT2D eigenvalue weighted by Gasteiger charge is -2.25. The molecule has 0 aliphatic heterocycles. The summed E-state index contributed by atoms with van der Waals surface area (Å²) in [6, 6.07) is 16.5. The highest BCUT2D eigenvalue weighted by atomic mass is 35.5. The lowest BCUT2D eigenvalue weighted by molar-refractivity contribution is -0.121. The van der Waals surface area contributed by atoms with Gasteiger partial charge in [0, 0.05) is 18.7 Å². The molecule has 4 nitrogen and oxygen atoms in total. The zero-order valence-corrected chi connectivity index (χ0v) is 17.9. The van der Waals surface area contributed by atoms with Gasteiger partial charge in [-0.1, -0.05) is 49.4 Å². The number of likely N-dealkylation sites (N-methyl/N-ethyl adjacent to an activating group) is 1. The number of amides is 1. The molecule has 150 valence electrons. The van der Waals surface area contributed by atoms with Crippen LogP contribution in [0, 0.1) is 0 Å². The average molecular weight is 412 g/mol. The first-order valence-electron chi connectivity index (χ1n) is 8.86. The van der Waals surface area contributed by atoms with Gasteiger partial charge in [-0.2, -0.15) is 0 Å². The Kier molecular flexibility index (Phi) is 11.8. The molecule has 0 saturated heterocycles. The highest BCUT2D eigenvalue weighted by molar-refractivity contribution is 5.85. The summed E-state index contributed by atoms with van der Waals surface area (Å²) in [6.45, 7) is 2.75. The molecule has 0 fully saturated rings. The maximum atomic E-state index is 12.2. The Morgan fingerprint density at radius 3 is 2.26 bits per heavy atom. The Morgan fingerprint density at radius 1 is 1.07 bits per heavy atom. The first kappa shape index (κ1) is 25.2. The van der Waals surface area contributed by atoms with E-state index in [0.29, 0.717) is 19.4 Å². The largest absolute Gasteiger partial charge is 0.399 e. The van der Waals surface area contributed by atoms with Crippen molar-refractivity contribution in [2.45, 2.75) is 32.2 Å². The van der Waals surface area contributed by atoms with Crippen molar-refractivity contribution in [2.75, 3.05) is 26.4 Å². The minimum atomic E-state index is 0. The van der Waals surface area contributed by atoms with E-state index in [9.17, 15) is 4.79 Å². The molecule has 1 amide bonds. The Labute approximate surface area is 175 Å². The van der Waals surface area contributed by atoms with Crippen molar-refractivity contribution in [1.29, 1.82) is 0 Å². The smallest absolute Gasteiger partial charge is 0.220 e. The average Bonchev–Trinajstić information content (AvgIpc) is 2.61. The van der Waals surface area contributed by atoms with Crippen molar-refractivity contribution in [3.05, 3.63) is 65.2 Å². The molecule has 1 unspecified atom stereocenters. The minimum Gasteiger partial charge on any atom is -0.399 e. The van der Waals surface area contributed by atoms with Crippen LogP contribution in [0.5, 0.6) is 0 Å². The van der Waals surface area contributed by atoms with Gasteiger partial charge in [0.15, 0.2) is 0 Å². The van der Waals surface area contributed by atoms with Crippen LogP contribution in [0.4, 0.5) is 5.69 Å². The summed E-state index contributed by atoms with van der Waals surface area (Å²) >= 11 is 0. The molecule has 2 aromatic carbocycles. The Bertz CT molecular complexity index is 690. The van der Waals surface area contributed by atoms with E-state index in [0.717, 1.165) is 17.7 Å². The first-order chi connectivity index (χ1) is 12.0. The molecule has 0 aliphatic carbocycles. The molecule has 0 spiro atoms. The third-order valence-corrected chi connectivity index (χ3v) is 4.57. The number of halogens is 2. The summed E-state index contributed by atoms with van der Waals surface area (Å²) in [5.41, 5.74) is 10.2. The molecule has 0 heterocycles. The van der Waals surface area contributed by atoms with E-state index in [1.807, 2.05) is 38.4 Å². The second kappa shape index (κ2) is 12.6. The van der Waals surface area contributed by atoms with Gasteiger partial charge in [0.1, 0.15) is 0 Å². The summed E-state index contributed by atoms with van der Waals surface area (Å²) in [7, 11) is 4.07. The predicted molar refractivity (Wildman–Crippen MR) is 119 cm³/mol. The molecule has 0 aromatic heterocycles. The summed E-state index contributed by atoms with van der Waals surface area (Å²) in [6.07, 6.45) is 2.14. The van der Waals surface area contributed by atoms with Gasteiger partial charge in [-0.3, -0.25) is 4.79 Å². The van der Waals surface area contributed by atoms with Crippen molar-refractivity contribution in [1.82, 2.24) is 10.2 Å². The van der Waals surface area contributed by atoms with E-state index >= 15 is 0 Å². The number of rotatable bonds is 8.